The summed E-state index contributed by atoms with van der Waals surface area (Å²) in [5.74, 6) is -0.668. The van der Waals surface area contributed by atoms with E-state index in [-0.39, 0.29) is 5.52 Å². The Hall–Kier alpha value is -1.04. The fraction of sp³-hybridized carbons (Fsp3) is 0.200. The molecule has 0 fully saturated rings. The Morgan fingerprint density at radius 2 is 1.94 bits per heavy atom. The first kappa shape index (κ1) is 11.4. The Balaban J connectivity index is 2.56. The van der Waals surface area contributed by atoms with Crippen molar-refractivity contribution in [2.24, 2.45) is 0 Å². The van der Waals surface area contributed by atoms with Crippen molar-refractivity contribution in [3.8, 4) is 0 Å². The number of aromatic nitrogens is 1. The van der Waals surface area contributed by atoms with Gasteiger partial charge in [-0.25, -0.2) is 4.39 Å². The Morgan fingerprint density at radius 3 is 2.56 bits per heavy atom. The van der Waals surface area contributed by atoms with Crippen LogP contribution in [-0.2, 0) is 6.54 Å². The van der Waals surface area contributed by atoms with Gasteiger partial charge in [-0.05, 0) is 18.2 Å². The molecule has 2 rings (SSSR count). The quantitative estimate of drug-likeness (QED) is 0.698. The van der Waals surface area contributed by atoms with Crippen molar-refractivity contribution in [3.05, 3.63) is 34.7 Å². The molecule has 0 N–H and O–H groups in total. The molecule has 0 aliphatic carbocycles. The minimum Gasteiger partial charge on any atom is -0.336 e. The van der Waals surface area contributed by atoms with Crippen LogP contribution in [-0.4, -0.2) is 10.7 Å². The summed E-state index contributed by atoms with van der Waals surface area (Å²) in [4.78, 5) is 0. The largest absolute Gasteiger partial charge is 0.406 e. The molecule has 0 bridgehead atoms. The normalized spacial score (nSPS) is 12.3. The lowest BCUT2D eigenvalue weighted by atomic mass is 10.2. The number of hydrogen-bond donors (Lipinski definition) is 0. The van der Waals surface area contributed by atoms with Crippen molar-refractivity contribution in [1.29, 1.82) is 0 Å². The van der Waals surface area contributed by atoms with Gasteiger partial charge in [0.05, 0.1) is 5.52 Å². The molecule has 0 saturated carbocycles. The molecule has 0 amide bonds. The van der Waals surface area contributed by atoms with E-state index >= 15 is 0 Å². The molecule has 16 heavy (non-hydrogen) atoms. The molecule has 1 aromatic heterocycles. The maximum Gasteiger partial charge on any atom is 0.406 e. The lowest BCUT2D eigenvalue weighted by Gasteiger charge is -2.09. The summed E-state index contributed by atoms with van der Waals surface area (Å²) in [6, 6.07) is 4.18. The zero-order valence-electron chi connectivity index (χ0n) is 7.85. The van der Waals surface area contributed by atoms with Crippen LogP contribution in [0.4, 0.5) is 17.6 Å². The molecule has 1 nitrogen and oxygen atoms in total. The number of fused-ring (bicyclic) bond motifs is 1. The molecule has 86 valence electrons. The number of benzene rings is 1. The Morgan fingerprint density at radius 1 is 1.25 bits per heavy atom. The standard InChI is InChI=1S/C10H6BrF4N/c11-7-3-6-1-2-16(5-10(13,14)15)9(6)8(12)4-7/h1-4H,5H2. The van der Waals surface area contributed by atoms with Crippen LogP contribution in [0.25, 0.3) is 10.9 Å². The summed E-state index contributed by atoms with van der Waals surface area (Å²) in [6.45, 7) is -1.19. The molecule has 0 unspecified atom stereocenters. The molecule has 0 radical (unpaired) electrons. The first-order valence-electron chi connectivity index (χ1n) is 4.37. The van der Waals surface area contributed by atoms with Crippen LogP contribution in [0.1, 0.15) is 0 Å². The number of hydrogen-bond acceptors (Lipinski definition) is 0. The third-order valence-corrected chi connectivity index (χ3v) is 2.59. The number of alkyl halides is 3. The molecule has 1 heterocycles. The Labute approximate surface area is 96.8 Å². The van der Waals surface area contributed by atoms with Crippen LogP contribution in [0, 0.1) is 5.82 Å². The fourth-order valence-corrected chi connectivity index (χ4v) is 2.03. The van der Waals surface area contributed by atoms with Gasteiger partial charge in [-0.3, -0.25) is 0 Å². The summed E-state index contributed by atoms with van der Waals surface area (Å²) in [6.07, 6.45) is -3.13. The van der Waals surface area contributed by atoms with Crippen LogP contribution < -0.4 is 0 Å². The first-order chi connectivity index (χ1) is 7.37. The monoisotopic (exact) mass is 295 g/mol. The van der Waals surface area contributed by atoms with E-state index in [1.54, 1.807) is 6.07 Å². The minimum absolute atomic E-state index is 0.0273. The van der Waals surface area contributed by atoms with Crippen molar-refractivity contribution >= 4 is 26.8 Å². The summed E-state index contributed by atoms with van der Waals surface area (Å²) in [5, 5.41) is 0.441. The van der Waals surface area contributed by atoms with Crippen molar-refractivity contribution < 1.29 is 17.6 Å². The lowest BCUT2D eigenvalue weighted by Crippen LogP contribution is -2.17. The van der Waals surface area contributed by atoms with Gasteiger partial charge in [0.1, 0.15) is 12.4 Å². The summed E-state index contributed by atoms with van der Waals surface area (Å²) in [5.41, 5.74) is -0.0273. The van der Waals surface area contributed by atoms with E-state index in [1.165, 1.54) is 12.3 Å². The zero-order chi connectivity index (χ0) is 11.9. The highest BCUT2D eigenvalue weighted by Gasteiger charge is 2.28. The topological polar surface area (TPSA) is 4.93 Å². The van der Waals surface area contributed by atoms with Gasteiger partial charge in [-0.2, -0.15) is 13.2 Å². The van der Waals surface area contributed by atoms with Crippen LogP contribution in [0.5, 0.6) is 0 Å². The van der Waals surface area contributed by atoms with E-state index in [0.717, 1.165) is 10.6 Å². The van der Waals surface area contributed by atoms with E-state index in [1.807, 2.05) is 0 Å². The molecular formula is C10H6BrF4N. The SMILES string of the molecule is Fc1cc(Br)cc2ccn(CC(F)(F)F)c12. The molecule has 6 heteroatoms. The Kier molecular flexibility index (Phi) is 2.69. The van der Waals surface area contributed by atoms with E-state index in [4.69, 9.17) is 0 Å². The van der Waals surface area contributed by atoms with Crippen molar-refractivity contribution in [2.75, 3.05) is 0 Å². The van der Waals surface area contributed by atoms with Gasteiger partial charge in [-0.1, -0.05) is 15.9 Å². The average molecular weight is 296 g/mol. The lowest BCUT2D eigenvalue weighted by molar-refractivity contribution is -0.139. The second-order valence-corrected chi connectivity index (χ2v) is 4.30. The highest BCUT2D eigenvalue weighted by Crippen LogP contribution is 2.27. The molecule has 1 aromatic carbocycles. The Bertz CT molecular complexity index is 529. The number of nitrogens with zero attached hydrogens (tertiary/aromatic N) is 1. The van der Waals surface area contributed by atoms with Gasteiger partial charge < -0.3 is 4.57 Å². The van der Waals surface area contributed by atoms with Gasteiger partial charge in [0.2, 0.25) is 0 Å². The van der Waals surface area contributed by atoms with Crippen molar-refractivity contribution in [1.82, 2.24) is 4.57 Å². The summed E-state index contributed by atoms with van der Waals surface area (Å²) >= 11 is 3.08. The molecule has 0 spiro atoms. The predicted molar refractivity (Wildman–Crippen MR) is 55.7 cm³/mol. The molecule has 0 saturated heterocycles. The second kappa shape index (κ2) is 3.76. The maximum absolute atomic E-state index is 13.5. The summed E-state index contributed by atoms with van der Waals surface area (Å²) in [7, 11) is 0. The van der Waals surface area contributed by atoms with Gasteiger partial charge in [0.25, 0.3) is 0 Å². The average Bonchev–Trinajstić information content (AvgIpc) is 2.44. The van der Waals surface area contributed by atoms with E-state index in [0.29, 0.717) is 9.86 Å². The molecule has 2 aromatic rings. The van der Waals surface area contributed by atoms with Crippen LogP contribution >= 0.6 is 15.9 Å². The highest BCUT2D eigenvalue weighted by atomic mass is 79.9. The molecule has 0 aliphatic rings. The van der Waals surface area contributed by atoms with Gasteiger partial charge in [-0.15, -0.1) is 0 Å². The number of halogens is 5. The predicted octanol–water partition coefficient (Wildman–Crippen LogP) is 4.11. The molecule has 0 aliphatic heterocycles. The number of rotatable bonds is 1. The van der Waals surface area contributed by atoms with Crippen LogP contribution in [0.15, 0.2) is 28.9 Å². The smallest absolute Gasteiger partial charge is 0.336 e. The van der Waals surface area contributed by atoms with Gasteiger partial charge >= 0.3 is 6.18 Å². The van der Waals surface area contributed by atoms with Gasteiger partial charge in [0, 0.05) is 16.1 Å². The van der Waals surface area contributed by atoms with E-state index < -0.39 is 18.5 Å². The highest BCUT2D eigenvalue weighted by molar-refractivity contribution is 9.10. The second-order valence-electron chi connectivity index (χ2n) is 3.38. The van der Waals surface area contributed by atoms with E-state index in [2.05, 4.69) is 15.9 Å². The summed E-state index contributed by atoms with van der Waals surface area (Å²) < 4.78 is 51.5. The van der Waals surface area contributed by atoms with Crippen LogP contribution in [0.3, 0.4) is 0 Å². The zero-order valence-corrected chi connectivity index (χ0v) is 9.44. The first-order valence-corrected chi connectivity index (χ1v) is 5.17. The van der Waals surface area contributed by atoms with Crippen molar-refractivity contribution in [2.45, 2.75) is 12.7 Å². The maximum atomic E-state index is 13.5. The van der Waals surface area contributed by atoms with Crippen molar-refractivity contribution in [3.63, 3.8) is 0 Å². The minimum atomic E-state index is -4.36. The third kappa shape index (κ3) is 2.21. The fourth-order valence-electron chi connectivity index (χ4n) is 1.59. The molecule has 0 atom stereocenters. The van der Waals surface area contributed by atoms with E-state index in [9.17, 15) is 17.6 Å². The third-order valence-electron chi connectivity index (χ3n) is 2.13. The molecular weight excluding hydrogens is 290 g/mol. The van der Waals surface area contributed by atoms with Gasteiger partial charge in [0.15, 0.2) is 0 Å². The van der Waals surface area contributed by atoms with Crippen LogP contribution in [0.2, 0.25) is 0 Å².